The van der Waals surface area contributed by atoms with Crippen molar-refractivity contribution in [1.82, 2.24) is 14.8 Å². The van der Waals surface area contributed by atoms with Crippen LogP contribution in [0.2, 0.25) is 0 Å². The fraction of sp³-hybridized carbons (Fsp3) is 0.429. The monoisotopic (exact) mass is 463 g/mol. The lowest BCUT2D eigenvalue weighted by Crippen LogP contribution is -2.53. The highest BCUT2D eigenvalue weighted by Crippen LogP contribution is 2.41. The zero-order chi connectivity index (χ0) is 23.5. The van der Waals surface area contributed by atoms with Gasteiger partial charge in [0.1, 0.15) is 11.9 Å². The molecule has 6 heteroatoms. The maximum absolute atomic E-state index is 12.4. The number of aliphatic hydroxyl groups excluding tert-OH is 1. The van der Waals surface area contributed by atoms with Crippen molar-refractivity contribution in [3.63, 3.8) is 0 Å². The fourth-order valence-electron chi connectivity index (χ4n) is 5.34. The molecule has 5 rings (SSSR count). The van der Waals surface area contributed by atoms with E-state index in [1.54, 1.807) is 0 Å². The Bertz CT molecular complexity index is 1120. The summed E-state index contributed by atoms with van der Waals surface area (Å²) in [5.74, 6) is 0.872. The van der Waals surface area contributed by atoms with Gasteiger partial charge in [-0.25, -0.2) is 0 Å². The molecule has 0 aliphatic carbocycles. The largest absolute Gasteiger partial charge is 0.488 e. The summed E-state index contributed by atoms with van der Waals surface area (Å²) in [4.78, 5) is 8.31. The molecular weight excluding hydrogens is 429 g/mol. The van der Waals surface area contributed by atoms with Gasteiger partial charge in [-0.15, -0.1) is 0 Å². The standard InChI is InChI=1S/C28H34FN3O2/c1-20(6-4-17-33)32-16-13-25-24-7-2-3-8-26(24)30-27(25)28(32)21-9-11-22(12-10-21)34-23-18-31(19-23)15-5-14-29/h2-3,7-12,23,28,30,33H,1,4-6,13-19H2/t28-/m1/s1. The van der Waals surface area contributed by atoms with Crippen LogP contribution in [0.25, 0.3) is 10.9 Å². The van der Waals surface area contributed by atoms with E-state index in [4.69, 9.17) is 4.74 Å². The number of fused-ring (bicyclic) bond motifs is 3. The average Bonchev–Trinajstić information content (AvgIpc) is 3.22. The highest BCUT2D eigenvalue weighted by Gasteiger charge is 2.32. The first-order valence-corrected chi connectivity index (χ1v) is 12.4. The number of rotatable bonds is 10. The fourth-order valence-corrected chi connectivity index (χ4v) is 5.34. The van der Waals surface area contributed by atoms with Gasteiger partial charge in [0, 0.05) is 55.1 Å². The summed E-state index contributed by atoms with van der Waals surface area (Å²) in [6, 6.07) is 17.0. The quantitative estimate of drug-likeness (QED) is 0.453. The van der Waals surface area contributed by atoms with Crippen LogP contribution in [-0.4, -0.2) is 65.5 Å². The van der Waals surface area contributed by atoms with E-state index in [1.807, 2.05) is 0 Å². The Hall–Kier alpha value is -2.83. The SMILES string of the molecule is C=C(CCCO)N1CCc2c([nH]c3ccccc23)[C@H]1c1ccc(OC2CN(CCCF)C2)cc1. The Balaban J connectivity index is 1.37. The van der Waals surface area contributed by atoms with Crippen LogP contribution in [0, 0.1) is 0 Å². The minimum Gasteiger partial charge on any atom is -0.488 e. The highest BCUT2D eigenvalue weighted by molar-refractivity contribution is 5.85. The maximum atomic E-state index is 12.4. The van der Waals surface area contributed by atoms with Gasteiger partial charge in [0.15, 0.2) is 0 Å². The van der Waals surface area contributed by atoms with Gasteiger partial charge in [-0.2, -0.15) is 0 Å². The number of halogens is 1. The van der Waals surface area contributed by atoms with Crippen LogP contribution in [0.4, 0.5) is 4.39 Å². The number of aromatic nitrogens is 1. The van der Waals surface area contributed by atoms with Gasteiger partial charge in [-0.3, -0.25) is 9.29 Å². The number of hydrogen-bond donors (Lipinski definition) is 2. The van der Waals surface area contributed by atoms with Gasteiger partial charge in [0.05, 0.1) is 12.7 Å². The molecule has 1 atom stereocenters. The molecule has 2 aliphatic rings. The molecule has 2 N–H and O–H groups in total. The number of aliphatic hydroxyl groups is 1. The molecule has 1 saturated heterocycles. The van der Waals surface area contributed by atoms with Crippen LogP contribution >= 0.6 is 0 Å². The Labute approximate surface area is 200 Å². The number of ether oxygens (including phenoxy) is 1. The molecule has 3 heterocycles. The van der Waals surface area contributed by atoms with Gasteiger partial charge in [0.25, 0.3) is 0 Å². The number of benzene rings is 2. The zero-order valence-electron chi connectivity index (χ0n) is 19.7. The van der Waals surface area contributed by atoms with Crippen molar-refractivity contribution >= 4 is 10.9 Å². The normalized spacial score (nSPS) is 18.6. The molecule has 0 amide bonds. The van der Waals surface area contributed by atoms with E-state index in [2.05, 4.69) is 69.9 Å². The molecule has 0 bridgehead atoms. The molecule has 0 unspecified atom stereocenters. The smallest absolute Gasteiger partial charge is 0.124 e. The lowest BCUT2D eigenvalue weighted by molar-refractivity contribution is 0.0184. The predicted octanol–water partition coefficient (Wildman–Crippen LogP) is 4.82. The van der Waals surface area contributed by atoms with E-state index in [-0.39, 0.29) is 25.4 Å². The van der Waals surface area contributed by atoms with Crippen LogP contribution in [0.3, 0.4) is 0 Å². The van der Waals surface area contributed by atoms with Crippen LogP contribution < -0.4 is 4.74 Å². The van der Waals surface area contributed by atoms with E-state index in [1.165, 1.54) is 27.7 Å². The van der Waals surface area contributed by atoms with Crippen LogP contribution in [0.15, 0.2) is 60.8 Å². The first-order valence-electron chi connectivity index (χ1n) is 12.4. The number of alkyl halides is 1. The summed E-state index contributed by atoms with van der Waals surface area (Å²) in [5.41, 5.74) is 6.04. The molecule has 34 heavy (non-hydrogen) atoms. The molecular formula is C28H34FN3O2. The Morgan fingerprint density at radius 2 is 1.91 bits per heavy atom. The van der Waals surface area contributed by atoms with E-state index in [0.717, 1.165) is 56.9 Å². The number of nitrogens with zero attached hydrogens (tertiary/aromatic N) is 2. The minimum absolute atomic E-state index is 0.0521. The summed E-state index contributed by atoms with van der Waals surface area (Å²) >= 11 is 0. The van der Waals surface area contributed by atoms with Crippen LogP contribution in [0.1, 0.15) is 42.1 Å². The van der Waals surface area contributed by atoms with E-state index in [9.17, 15) is 9.50 Å². The summed E-state index contributed by atoms with van der Waals surface area (Å²) in [7, 11) is 0. The van der Waals surface area contributed by atoms with Crippen molar-refractivity contribution in [3.05, 3.63) is 77.6 Å². The molecule has 1 fully saturated rings. The van der Waals surface area contributed by atoms with Crippen molar-refractivity contribution in [2.75, 3.05) is 39.5 Å². The summed E-state index contributed by atoms with van der Waals surface area (Å²) in [6.45, 7) is 7.72. The van der Waals surface area contributed by atoms with Gasteiger partial charge < -0.3 is 19.7 Å². The predicted molar refractivity (Wildman–Crippen MR) is 134 cm³/mol. The number of likely N-dealkylation sites (tertiary alicyclic amines) is 1. The Morgan fingerprint density at radius 3 is 2.68 bits per heavy atom. The molecule has 0 spiro atoms. The molecule has 2 aliphatic heterocycles. The molecule has 2 aromatic carbocycles. The molecule has 0 saturated carbocycles. The number of hydrogen-bond acceptors (Lipinski definition) is 4. The first kappa shape index (κ1) is 22.9. The average molecular weight is 464 g/mol. The third-order valence-electron chi connectivity index (χ3n) is 7.09. The third-order valence-corrected chi connectivity index (χ3v) is 7.09. The topological polar surface area (TPSA) is 51.7 Å². The third kappa shape index (κ3) is 4.57. The molecule has 5 nitrogen and oxygen atoms in total. The molecule has 0 radical (unpaired) electrons. The number of nitrogens with one attached hydrogen (secondary N) is 1. The number of aromatic amines is 1. The van der Waals surface area contributed by atoms with E-state index >= 15 is 0 Å². The van der Waals surface area contributed by atoms with Crippen LogP contribution in [0.5, 0.6) is 5.75 Å². The van der Waals surface area contributed by atoms with Gasteiger partial charge in [-0.05, 0) is 55.0 Å². The Morgan fingerprint density at radius 1 is 1.12 bits per heavy atom. The lowest BCUT2D eigenvalue weighted by Gasteiger charge is -2.40. The summed E-state index contributed by atoms with van der Waals surface area (Å²) in [6.07, 6.45) is 3.24. The lowest BCUT2D eigenvalue weighted by atomic mass is 9.91. The van der Waals surface area contributed by atoms with Gasteiger partial charge in [0.2, 0.25) is 0 Å². The van der Waals surface area contributed by atoms with E-state index in [0.29, 0.717) is 6.42 Å². The second kappa shape index (κ2) is 10.2. The number of H-pyrrole nitrogens is 1. The second-order valence-electron chi connectivity index (χ2n) is 9.41. The number of allylic oxidation sites excluding steroid dienone is 1. The molecule has 1 aromatic heterocycles. The summed E-state index contributed by atoms with van der Waals surface area (Å²) < 4.78 is 18.5. The Kier molecular flexibility index (Phi) is 6.88. The minimum atomic E-state index is -0.258. The van der Waals surface area contributed by atoms with Crippen molar-refractivity contribution in [2.24, 2.45) is 0 Å². The maximum Gasteiger partial charge on any atom is 0.124 e. The number of para-hydroxylation sites is 1. The van der Waals surface area contributed by atoms with Crippen molar-refractivity contribution < 1.29 is 14.2 Å². The molecule has 180 valence electrons. The van der Waals surface area contributed by atoms with Gasteiger partial charge in [-0.1, -0.05) is 36.9 Å². The highest BCUT2D eigenvalue weighted by atomic mass is 19.1. The molecule has 3 aromatic rings. The van der Waals surface area contributed by atoms with E-state index < -0.39 is 0 Å². The van der Waals surface area contributed by atoms with Crippen LogP contribution in [-0.2, 0) is 6.42 Å². The van der Waals surface area contributed by atoms with Crippen molar-refractivity contribution in [3.8, 4) is 5.75 Å². The second-order valence-corrected chi connectivity index (χ2v) is 9.41. The van der Waals surface area contributed by atoms with Gasteiger partial charge >= 0.3 is 0 Å². The van der Waals surface area contributed by atoms with Crippen molar-refractivity contribution in [2.45, 2.75) is 37.8 Å². The zero-order valence-corrected chi connectivity index (χ0v) is 19.7. The van der Waals surface area contributed by atoms with Crippen molar-refractivity contribution in [1.29, 1.82) is 0 Å². The first-order chi connectivity index (χ1) is 16.7. The summed E-state index contributed by atoms with van der Waals surface area (Å²) in [5, 5.41) is 10.6.